The average Bonchev–Trinajstić information content (AvgIpc) is 2.97. The van der Waals surface area contributed by atoms with Gasteiger partial charge in [-0.1, -0.05) is 23.7 Å². The molecule has 1 amide bonds. The van der Waals surface area contributed by atoms with Crippen LogP contribution in [0.15, 0.2) is 47.5 Å². The minimum absolute atomic E-state index is 0.0348. The highest BCUT2D eigenvalue weighted by molar-refractivity contribution is 7.92. The van der Waals surface area contributed by atoms with Crippen LogP contribution >= 0.6 is 11.6 Å². The van der Waals surface area contributed by atoms with Crippen molar-refractivity contribution in [2.24, 2.45) is 0 Å². The highest BCUT2D eigenvalue weighted by Gasteiger charge is 2.25. The van der Waals surface area contributed by atoms with Gasteiger partial charge in [-0.3, -0.25) is 4.79 Å². The van der Waals surface area contributed by atoms with E-state index < -0.39 is 20.9 Å². The molecule has 178 valence electrons. The molecule has 0 atom stereocenters. The van der Waals surface area contributed by atoms with Crippen LogP contribution in [0.4, 0.5) is 33.2 Å². The zero-order chi connectivity index (χ0) is 24.5. The number of hydrogen-bond donors (Lipinski definition) is 3. The van der Waals surface area contributed by atoms with Gasteiger partial charge in [-0.15, -0.1) is 0 Å². The summed E-state index contributed by atoms with van der Waals surface area (Å²) in [5, 5.41) is 7.98. The minimum atomic E-state index is -3.78. The predicted octanol–water partition coefficient (Wildman–Crippen LogP) is 5.21. The standard InChI is InChI=1S/C23H23ClFN5O3S/c1-13(2)34(32,33)19-7-4-6-17(25)21(19)29-22-16(24)12-26-23(30-22)27-15-10-9-14-5-3-8-20(31)28-18(14)11-15/h4,6-7,9-13H,3,5,8H2,1-2H3,(H,28,31)(H2,26,27,29,30). The zero-order valence-electron chi connectivity index (χ0n) is 18.5. The third-order valence-corrected chi connectivity index (χ3v) is 7.85. The number of carbonyl (C=O) groups is 1. The van der Waals surface area contributed by atoms with E-state index in [0.717, 1.165) is 30.2 Å². The molecule has 3 aromatic rings. The first-order chi connectivity index (χ1) is 16.1. The number of amides is 1. The number of nitrogens with zero attached hydrogens (tertiary/aromatic N) is 2. The van der Waals surface area contributed by atoms with Crippen molar-refractivity contribution < 1.29 is 17.6 Å². The highest BCUT2D eigenvalue weighted by atomic mass is 35.5. The molecular weight excluding hydrogens is 481 g/mol. The lowest BCUT2D eigenvalue weighted by atomic mass is 10.1. The topological polar surface area (TPSA) is 113 Å². The van der Waals surface area contributed by atoms with Crippen LogP contribution in [0.5, 0.6) is 0 Å². The van der Waals surface area contributed by atoms with Crippen molar-refractivity contribution in [3.63, 3.8) is 0 Å². The van der Waals surface area contributed by atoms with Crippen LogP contribution < -0.4 is 16.0 Å². The van der Waals surface area contributed by atoms with Gasteiger partial charge in [-0.2, -0.15) is 4.98 Å². The fraction of sp³-hybridized carbons (Fsp3) is 0.261. The Labute approximate surface area is 201 Å². The van der Waals surface area contributed by atoms with E-state index >= 15 is 0 Å². The Bertz CT molecular complexity index is 1360. The summed E-state index contributed by atoms with van der Waals surface area (Å²) in [6.45, 7) is 3.04. The Morgan fingerprint density at radius 2 is 1.94 bits per heavy atom. The number of fused-ring (bicyclic) bond motifs is 1. The molecule has 1 aromatic heterocycles. The Morgan fingerprint density at radius 3 is 2.71 bits per heavy atom. The molecule has 3 N–H and O–H groups in total. The van der Waals surface area contributed by atoms with Crippen LogP contribution in [-0.2, 0) is 21.1 Å². The van der Waals surface area contributed by atoms with Crippen molar-refractivity contribution in [3.8, 4) is 0 Å². The molecule has 0 aliphatic carbocycles. The molecular formula is C23H23ClFN5O3S. The van der Waals surface area contributed by atoms with E-state index in [0.29, 0.717) is 12.1 Å². The normalized spacial score (nSPS) is 13.7. The zero-order valence-corrected chi connectivity index (χ0v) is 20.1. The third-order valence-electron chi connectivity index (χ3n) is 5.38. The molecule has 2 heterocycles. The molecule has 0 radical (unpaired) electrons. The highest BCUT2D eigenvalue weighted by Crippen LogP contribution is 2.33. The molecule has 0 saturated carbocycles. The lowest BCUT2D eigenvalue weighted by molar-refractivity contribution is -0.116. The average molecular weight is 504 g/mol. The Morgan fingerprint density at radius 1 is 1.15 bits per heavy atom. The smallest absolute Gasteiger partial charge is 0.229 e. The van der Waals surface area contributed by atoms with E-state index in [-0.39, 0.29) is 33.3 Å². The van der Waals surface area contributed by atoms with Gasteiger partial charge in [-0.05, 0) is 56.5 Å². The number of halogens is 2. The SMILES string of the molecule is CC(C)S(=O)(=O)c1cccc(F)c1Nc1nc(Nc2ccc3c(c2)NC(=O)CCC3)ncc1Cl. The van der Waals surface area contributed by atoms with Crippen LogP contribution in [0.3, 0.4) is 0 Å². The van der Waals surface area contributed by atoms with Crippen LogP contribution in [0.1, 0.15) is 32.3 Å². The van der Waals surface area contributed by atoms with Crippen molar-refractivity contribution in [2.45, 2.75) is 43.3 Å². The number of anilines is 5. The van der Waals surface area contributed by atoms with Gasteiger partial charge in [0.25, 0.3) is 0 Å². The summed E-state index contributed by atoms with van der Waals surface area (Å²) in [7, 11) is -3.78. The van der Waals surface area contributed by atoms with Gasteiger partial charge in [0.1, 0.15) is 10.8 Å². The van der Waals surface area contributed by atoms with Gasteiger partial charge in [-0.25, -0.2) is 17.8 Å². The summed E-state index contributed by atoms with van der Waals surface area (Å²) in [6, 6.07) is 9.36. The Hall–Kier alpha value is -3.24. The van der Waals surface area contributed by atoms with E-state index in [4.69, 9.17) is 11.6 Å². The fourth-order valence-corrected chi connectivity index (χ4v) is 4.87. The van der Waals surface area contributed by atoms with Crippen LogP contribution in [-0.4, -0.2) is 29.5 Å². The van der Waals surface area contributed by atoms with Crippen molar-refractivity contribution >= 4 is 56.2 Å². The van der Waals surface area contributed by atoms with Crippen LogP contribution in [0, 0.1) is 5.82 Å². The summed E-state index contributed by atoms with van der Waals surface area (Å²) in [4.78, 5) is 20.2. The van der Waals surface area contributed by atoms with Gasteiger partial charge in [0.05, 0.1) is 22.0 Å². The maximum atomic E-state index is 14.7. The molecule has 0 unspecified atom stereocenters. The first-order valence-electron chi connectivity index (χ1n) is 10.7. The summed E-state index contributed by atoms with van der Waals surface area (Å²) in [5.41, 5.74) is 2.14. The Kier molecular flexibility index (Phi) is 6.72. The number of benzene rings is 2. The van der Waals surface area contributed by atoms with E-state index in [1.165, 1.54) is 32.2 Å². The molecule has 34 heavy (non-hydrogen) atoms. The third kappa shape index (κ3) is 4.97. The molecule has 2 aromatic carbocycles. The molecule has 0 saturated heterocycles. The number of aromatic nitrogens is 2. The number of rotatable bonds is 6. The second-order valence-electron chi connectivity index (χ2n) is 8.12. The van der Waals surface area contributed by atoms with E-state index in [9.17, 15) is 17.6 Å². The summed E-state index contributed by atoms with van der Waals surface area (Å²) < 4.78 is 40.1. The number of para-hydroxylation sites is 1. The van der Waals surface area contributed by atoms with Gasteiger partial charge in [0.2, 0.25) is 11.9 Å². The van der Waals surface area contributed by atoms with E-state index in [1.807, 2.05) is 12.1 Å². The first kappa shape index (κ1) is 23.9. The second kappa shape index (κ2) is 9.55. The van der Waals surface area contributed by atoms with Crippen molar-refractivity contribution in [3.05, 3.63) is 59.0 Å². The fourth-order valence-electron chi connectivity index (χ4n) is 3.52. The van der Waals surface area contributed by atoms with Gasteiger partial charge >= 0.3 is 0 Å². The monoisotopic (exact) mass is 503 g/mol. The summed E-state index contributed by atoms with van der Waals surface area (Å²) >= 11 is 6.22. The largest absolute Gasteiger partial charge is 0.335 e. The van der Waals surface area contributed by atoms with Gasteiger partial charge in [0.15, 0.2) is 15.7 Å². The number of nitrogens with one attached hydrogen (secondary N) is 3. The number of hydrogen-bond acceptors (Lipinski definition) is 7. The quantitative estimate of drug-likeness (QED) is 0.423. The molecule has 1 aliphatic rings. The maximum absolute atomic E-state index is 14.7. The predicted molar refractivity (Wildman–Crippen MR) is 130 cm³/mol. The molecule has 0 bridgehead atoms. The molecule has 1 aliphatic heterocycles. The van der Waals surface area contributed by atoms with Crippen molar-refractivity contribution in [1.29, 1.82) is 0 Å². The van der Waals surface area contributed by atoms with Gasteiger partial charge < -0.3 is 16.0 Å². The molecule has 0 spiro atoms. The van der Waals surface area contributed by atoms with Crippen molar-refractivity contribution in [2.75, 3.05) is 16.0 Å². The molecule has 8 nitrogen and oxygen atoms in total. The van der Waals surface area contributed by atoms with Gasteiger partial charge in [0, 0.05) is 17.8 Å². The second-order valence-corrected chi connectivity index (χ2v) is 11.0. The van der Waals surface area contributed by atoms with Crippen LogP contribution in [0.2, 0.25) is 5.02 Å². The van der Waals surface area contributed by atoms with E-state index in [2.05, 4.69) is 25.9 Å². The number of sulfone groups is 1. The number of aryl methyl sites for hydroxylation is 1. The summed E-state index contributed by atoms with van der Waals surface area (Å²) in [5.74, 6) is -0.612. The van der Waals surface area contributed by atoms with Crippen molar-refractivity contribution in [1.82, 2.24) is 9.97 Å². The molecule has 11 heteroatoms. The molecule has 4 rings (SSSR count). The minimum Gasteiger partial charge on any atom is -0.335 e. The number of carbonyl (C=O) groups excluding carboxylic acids is 1. The maximum Gasteiger partial charge on any atom is 0.229 e. The van der Waals surface area contributed by atoms with Crippen LogP contribution in [0.25, 0.3) is 0 Å². The Balaban J connectivity index is 1.65. The summed E-state index contributed by atoms with van der Waals surface area (Å²) in [6.07, 6.45) is 3.37. The van der Waals surface area contributed by atoms with E-state index in [1.54, 1.807) is 6.07 Å². The lowest BCUT2D eigenvalue weighted by Crippen LogP contribution is -2.16. The lowest BCUT2D eigenvalue weighted by Gasteiger charge is -2.16. The molecule has 0 fully saturated rings. The first-order valence-corrected chi connectivity index (χ1v) is 12.6.